The molecule has 7 heteroatoms. The Morgan fingerprint density at radius 2 is 2.39 bits per heavy atom. The number of anilines is 1. The van der Waals surface area contributed by atoms with Crippen LogP contribution in [0.15, 0.2) is 0 Å². The molecule has 0 bridgehead atoms. The zero-order chi connectivity index (χ0) is 13.3. The predicted molar refractivity (Wildman–Crippen MR) is 62.9 cm³/mol. The second-order valence-corrected chi connectivity index (χ2v) is 4.51. The first-order chi connectivity index (χ1) is 8.47. The second-order valence-electron chi connectivity index (χ2n) is 4.51. The number of alkyl halides is 1. The number of carbonyl (C=O) groups excluding carboxylic acids is 1. The first-order valence-corrected chi connectivity index (χ1v) is 5.80. The number of nitrogens with zero attached hydrogens (tertiary/aromatic N) is 3. The SMILES string of the molecule is Cn1nc(C(N)=O)[c]c1N1CCC(O)CC(F)C1. The zero-order valence-corrected chi connectivity index (χ0v) is 10.1. The molecule has 0 saturated carbocycles. The maximum atomic E-state index is 13.6. The number of carbonyl (C=O) groups is 1. The van der Waals surface area contributed by atoms with E-state index in [0.717, 1.165) is 0 Å². The van der Waals surface area contributed by atoms with Gasteiger partial charge < -0.3 is 15.7 Å². The van der Waals surface area contributed by atoms with E-state index in [1.165, 1.54) is 4.68 Å². The average molecular weight is 255 g/mol. The third-order valence-electron chi connectivity index (χ3n) is 3.00. The topological polar surface area (TPSA) is 84.4 Å². The Morgan fingerprint density at radius 1 is 1.67 bits per heavy atom. The van der Waals surface area contributed by atoms with Crippen LogP contribution < -0.4 is 10.6 Å². The number of aliphatic hydroxyl groups is 1. The van der Waals surface area contributed by atoms with Gasteiger partial charge in [-0.15, -0.1) is 0 Å². The minimum atomic E-state index is -1.11. The number of aryl methyl sites for hydroxylation is 1. The van der Waals surface area contributed by atoms with Crippen molar-refractivity contribution >= 4 is 11.7 Å². The first kappa shape index (κ1) is 12.8. The van der Waals surface area contributed by atoms with E-state index in [2.05, 4.69) is 11.2 Å². The van der Waals surface area contributed by atoms with E-state index in [0.29, 0.717) is 18.8 Å². The number of primary amides is 1. The Hall–Kier alpha value is -1.63. The predicted octanol–water partition coefficient (Wildman–Crippen LogP) is -0.382. The maximum absolute atomic E-state index is 13.6. The second kappa shape index (κ2) is 4.93. The molecule has 1 aromatic rings. The van der Waals surface area contributed by atoms with Crippen molar-refractivity contribution in [3.8, 4) is 0 Å². The van der Waals surface area contributed by atoms with Crippen molar-refractivity contribution in [2.45, 2.75) is 25.1 Å². The molecule has 1 fully saturated rings. The lowest BCUT2D eigenvalue weighted by Crippen LogP contribution is -2.30. The standard InChI is InChI=1S/C11H16FN4O2/c1-15-10(5-9(14-15)11(13)18)16-3-2-8(17)4-7(12)6-16/h7-8,17H,2-4,6H2,1H3,(H2,13,18). The van der Waals surface area contributed by atoms with Crippen LogP contribution in [0.5, 0.6) is 0 Å². The van der Waals surface area contributed by atoms with Crippen LogP contribution in [-0.2, 0) is 7.05 Å². The summed E-state index contributed by atoms with van der Waals surface area (Å²) in [5.41, 5.74) is 5.16. The monoisotopic (exact) mass is 255 g/mol. The van der Waals surface area contributed by atoms with Crippen LogP contribution in [0.1, 0.15) is 23.3 Å². The van der Waals surface area contributed by atoms with E-state index in [-0.39, 0.29) is 18.7 Å². The van der Waals surface area contributed by atoms with E-state index >= 15 is 0 Å². The number of aliphatic hydroxyl groups excluding tert-OH is 1. The molecule has 2 rings (SSSR count). The number of aromatic nitrogens is 2. The van der Waals surface area contributed by atoms with Crippen LogP contribution in [0, 0.1) is 6.07 Å². The van der Waals surface area contributed by atoms with Crippen molar-refractivity contribution in [2.24, 2.45) is 12.8 Å². The number of halogens is 1. The largest absolute Gasteiger partial charge is 0.393 e. The molecule has 2 atom stereocenters. The van der Waals surface area contributed by atoms with Gasteiger partial charge >= 0.3 is 0 Å². The van der Waals surface area contributed by atoms with Gasteiger partial charge in [-0.2, -0.15) is 5.10 Å². The van der Waals surface area contributed by atoms with E-state index in [1.807, 2.05) is 0 Å². The highest BCUT2D eigenvalue weighted by Gasteiger charge is 2.25. The lowest BCUT2D eigenvalue weighted by atomic mass is 10.1. The fourth-order valence-corrected chi connectivity index (χ4v) is 2.12. The van der Waals surface area contributed by atoms with Crippen LogP contribution in [0.2, 0.25) is 0 Å². The minimum Gasteiger partial charge on any atom is -0.393 e. The van der Waals surface area contributed by atoms with E-state index in [4.69, 9.17) is 5.73 Å². The highest BCUT2D eigenvalue weighted by molar-refractivity contribution is 5.91. The summed E-state index contributed by atoms with van der Waals surface area (Å²) in [6, 6.07) is 2.77. The number of nitrogens with two attached hydrogens (primary N) is 1. The molecule has 1 saturated heterocycles. The van der Waals surface area contributed by atoms with Gasteiger partial charge in [0.25, 0.3) is 5.91 Å². The third kappa shape index (κ3) is 2.61. The van der Waals surface area contributed by atoms with Gasteiger partial charge in [0.05, 0.1) is 18.7 Å². The molecule has 2 unspecified atom stereocenters. The van der Waals surface area contributed by atoms with E-state index in [9.17, 15) is 14.3 Å². The van der Waals surface area contributed by atoms with Gasteiger partial charge in [-0.1, -0.05) is 0 Å². The lowest BCUT2D eigenvalue weighted by Gasteiger charge is -2.22. The van der Waals surface area contributed by atoms with Gasteiger partial charge in [0, 0.05) is 20.0 Å². The quantitative estimate of drug-likeness (QED) is 0.754. The number of hydrogen-bond donors (Lipinski definition) is 2. The average Bonchev–Trinajstić information content (AvgIpc) is 2.58. The number of rotatable bonds is 2. The molecular weight excluding hydrogens is 239 g/mol. The molecule has 1 aliphatic rings. The Morgan fingerprint density at radius 3 is 3.00 bits per heavy atom. The number of hydrogen-bond acceptors (Lipinski definition) is 4. The summed E-state index contributed by atoms with van der Waals surface area (Å²) in [7, 11) is 1.65. The maximum Gasteiger partial charge on any atom is 0.269 e. The molecule has 6 nitrogen and oxygen atoms in total. The Labute approximate surface area is 104 Å². The van der Waals surface area contributed by atoms with Crippen molar-refractivity contribution in [1.82, 2.24) is 9.78 Å². The number of amides is 1. The summed E-state index contributed by atoms with van der Waals surface area (Å²) < 4.78 is 15.0. The van der Waals surface area contributed by atoms with Gasteiger partial charge in [-0.05, 0) is 6.42 Å². The Kier molecular flexibility index (Phi) is 3.51. The fraction of sp³-hybridized carbons (Fsp3) is 0.636. The highest BCUT2D eigenvalue weighted by atomic mass is 19.1. The smallest absolute Gasteiger partial charge is 0.269 e. The van der Waals surface area contributed by atoms with Crippen LogP contribution in [0.4, 0.5) is 10.2 Å². The van der Waals surface area contributed by atoms with Crippen LogP contribution in [0.25, 0.3) is 0 Å². The highest BCUT2D eigenvalue weighted by Crippen LogP contribution is 2.21. The molecule has 1 aromatic heterocycles. The van der Waals surface area contributed by atoms with Gasteiger partial charge in [0.1, 0.15) is 12.0 Å². The molecule has 18 heavy (non-hydrogen) atoms. The Bertz CT molecular complexity index is 448. The molecule has 0 spiro atoms. The van der Waals surface area contributed by atoms with Crippen molar-refractivity contribution in [1.29, 1.82) is 0 Å². The molecular formula is C11H16FN4O2. The summed E-state index contributed by atoms with van der Waals surface area (Å²) in [6.07, 6.45) is -1.13. The van der Waals surface area contributed by atoms with Gasteiger partial charge in [-0.25, -0.2) is 4.39 Å². The van der Waals surface area contributed by atoms with Crippen molar-refractivity contribution < 1.29 is 14.3 Å². The van der Waals surface area contributed by atoms with Crippen molar-refractivity contribution in [3.63, 3.8) is 0 Å². The molecule has 1 amide bonds. The van der Waals surface area contributed by atoms with Crippen LogP contribution >= 0.6 is 0 Å². The van der Waals surface area contributed by atoms with Crippen molar-refractivity contribution in [2.75, 3.05) is 18.0 Å². The lowest BCUT2D eigenvalue weighted by molar-refractivity contribution is 0.0994. The normalized spacial score (nSPS) is 24.9. The van der Waals surface area contributed by atoms with E-state index < -0.39 is 18.2 Å². The summed E-state index contributed by atoms with van der Waals surface area (Å²) in [5.74, 6) is -0.149. The summed E-state index contributed by atoms with van der Waals surface area (Å²) >= 11 is 0. The van der Waals surface area contributed by atoms with Crippen molar-refractivity contribution in [3.05, 3.63) is 11.8 Å². The minimum absolute atomic E-state index is 0.0349. The molecule has 3 N–H and O–H groups in total. The first-order valence-electron chi connectivity index (χ1n) is 5.80. The Balaban J connectivity index is 2.22. The molecule has 0 aromatic carbocycles. The molecule has 0 aliphatic carbocycles. The summed E-state index contributed by atoms with van der Waals surface area (Å²) in [6.45, 7) is 0.654. The molecule has 1 radical (unpaired) electrons. The van der Waals surface area contributed by atoms with Gasteiger partial charge in [0.2, 0.25) is 0 Å². The summed E-state index contributed by atoms with van der Waals surface area (Å²) in [4.78, 5) is 12.7. The fourth-order valence-electron chi connectivity index (χ4n) is 2.12. The van der Waals surface area contributed by atoms with Gasteiger partial charge in [0.15, 0.2) is 5.69 Å². The third-order valence-corrected chi connectivity index (χ3v) is 3.00. The molecule has 99 valence electrons. The van der Waals surface area contributed by atoms with E-state index in [1.54, 1.807) is 11.9 Å². The summed E-state index contributed by atoms with van der Waals surface area (Å²) in [5, 5.41) is 13.4. The van der Waals surface area contributed by atoms with Crippen LogP contribution in [0.3, 0.4) is 0 Å². The zero-order valence-electron chi connectivity index (χ0n) is 10.1. The molecule has 1 aliphatic heterocycles. The van der Waals surface area contributed by atoms with Crippen LogP contribution in [-0.4, -0.2) is 46.2 Å². The van der Waals surface area contributed by atoms with Gasteiger partial charge in [-0.3, -0.25) is 9.48 Å². The molecule has 2 heterocycles.